The number of nitrogens with zero attached hydrogens (tertiary/aromatic N) is 1. The van der Waals surface area contributed by atoms with Gasteiger partial charge in [-0.2, -0.15) is 0 Å². The van der Waals surface area contributed by atoms with Crippen molar-refractivity contribution in [1.29, 1.82) is 0 Å². The van der Waals surface area contributed by atoms with E-state index in [1.54, 1.807) is 6.07 Å². The monoisotopic (exact) mass is 331 g/mol. The van der Waals surface area contributed by atoms with E-state index >= 15 is 0 Å². The summed E-state index contributed by atoms with van der Waals surface area (Å²) in [7, 11) is 0. The van der Waals surface area contributed by atoms with Crippen LogP contribution in [0.5, 0.6) is 11.5 Å². The van der Waals surface area contributed by atoms with Gasteiger partial charge in [-0.3, -0.25) is 4.90 Å². The Morgan fingerprint density at radius 1 is 1.22 bits per heavy atom. The van der Waals surface area contributed by atoms with Crippen LogP contribution in [0, 0.1) is 0 Å². The van der Waals surface area contributed by atoms with Gasteiger partial charge in [0, 0.05) is 17.6 Å². The molecule has 0 unspecified atom stereocenters. The minimum Gasteiger partial charge on any atom is -0.504 e. The Morgan fingerprint density at radius 3 is 2.74 bits per heavy atom. The summed E-state index contributed by atoms with van der Waals surface area (Å²) in [6.07, 6.45) is 2.36. The Hall–Kier alpha value is -1.71. The molecule has 0 saturated carbocycles. The third-order valence-corrected chi connectivity index (χ3v) is 4.58. The number of likely N-dealkylation sites (tertiary alicyclic amines) is 1. The summed E-state index contributed by atoms with van der Waals surface area (Å²) in [5.74, 6) is 0.763. The van der Waals surface area contributed by atoms with Crippen LogP contribution in [-0.4, -0.2) is 23.2 Å². The first-order chi connectivity index (χ1) is 11.2. The summed E-state index contributed by atoms with van der Waals surface area (Å²) in [4.78, 5) is 2.48. The third-order valence-electron chi connectivity index (χ3n) is 4.33. The summed E-state index contributed by atoms with van der Waals surface area (Å²) >= 11 is 6.00. The number of halogens is 1. The number of phenols is 1. The Balaban J connectivity index is 1.76. The van der Waals surface area contributed by atoms with Crippen molar-refractivity contribution in [3.05, 3.63) is 58.6 Å². The fourth-order valence-corrected chi connectivity index (χ4v) is 3.37. The summed E-state index contributed by atoms with van der Waals surface area (Å²) < 4.78 is 5.48. The van der Waals surface area contributed by atoms with Crippen LogP contribution in [0.3, 0.4) is 0 Å². The summed E-state index contributed by atoms with van der Waals surface area (Å²) in [5.41, 5.74) is 2.47. The minimum absolute atomic E-state index is 0.200. The SMILES string of the molecule is CCOc1cc(CN2CCC[C@H]2c2ccc(Cl)cc2)ccc1O. The summed E-state index contributed by atoms with van der Waals surface area (Å²) in [6.45, 7) is 4.41. The number of rotatable bonds is 5. The van der Waals surface area contributed by atoms with Crippen LogP contribution in [0.25, 0.3) is 0 Å². The molecule has 23 heavy (non-hydrogen) atoms. The van der Waals surface area contributed by atoms with Gasteiger partial charge in [-0.15, -0.1) is 0 Å². The zero-order valence-electron chi connectivity index (χ0n) is 13.3. The van der Waals surface area contributed by atoms with Crippen LogP contribution >= 0.6 is 11.6 Å². The first-order valence-electron chi connectivity index (χ1n) is 8.11. The fourth-order valence-electron chi connectivity index (χ4n) is 3.24. The molecule has 0 spiro atoms. The molecule has 2 aromatic carbocycles. The molecule has 0 aromatic heterocycles. The molecular weight excluding hydrogens is 310 g/mol. The van der Waals surface area contributed by atoms with Crippen LogP contribution in [-0.2, 0) is 6.54 Å². The maximum atomic E-state index is 9.83. The van der Waals surface area contributed by atoms with Crippen LogP contribution in [0.15, 0.2) is 42.5 Å². The Labute approximate surface area is 142 Å². The lowest BCUT2D eigenvalue weighted by Gasteiger charge is -2.25. The van der Waals surface area contributed by atoms with Gasteiger partial charge in [-0.1, -0.05) is 29.8 Å². The largest absolute Gasteiger partial charge is 0.504 e. The van der Waals surface area contributed by atoms with E-state index in [4.69, 9.17) is 16.3 Å². The minimum atomic E-state index is 0.200. The van der Waals surface area contributed by atoms with Gasteiger partial charge in [-0.05, 0) is 61.7 Å². The normalized spacial score (nSPS) is 18.3. The molecule has 1 N–H and O–H groups in total. The number of hydrogen-bond donors (Lipinski definition) is 1. The first kappa shape index (κ1) is 16.2. The van der Waals surface area contributed by atoms with E-state index < -0.39 is 0 Å². The van der Waals surface area contributed by atoms with Gasteiger partial charge in [0.2, 0.25) is 0 Å². The predicted molar refractivity (Wildman–Crippen MR) is 93.1 cm³/mol. The average Bonchev–Trinajstić information content (AvgIpc) is 3.00. The van der Waals surface area contributed by atoms with E-state index in [1.165, 1.54) is 12.0 Å². The van der Waals surface area contributed by atoms with Crippen molar-refractivity contribution < 1.29 is 9.84 Å². The van der Waals surface area contributed by atoms with Crippen molar-refractivity contribution >= 4 is 11.6 Å². The molecular formula is C19H22ClNO2. The molecule has 1 aliphatic heterocycles. The second-order valence-corrected chi connectivity index (χ2v) is 6.35. The zero-order valence-corrected chi connectivity index (χ0v) is 14.1. The predicted octanol–water partition coefficient (Wildman–Crippen LogP) is 4.78. The van der Waals surface area contributed by atoms with Crippen molar-refractivity contribution in [2.45, 2.75) is 32.4 Å². The van der Waals surface area contributed by atoms with Crippen molar-refractivity contribution in [2.75, 3.05) is 13.2 Å². The lowest BCUT2D eigenvalue weighted by atomic mass is 10.0. The van der Waals surface area contributed by atoms with Crippen molar-refractivity contribution in [1.82, 2.24) is 4.90 Å². The topological polar surface area (TPSA) is 32.7 Å². The molecule has 4 heteroatoms. The highest BCUT2D eigenvalue weighted by atomic mass is 35.5. The van der Waals surface area contributed by atoms with Crippen LogP contribution in [0.1, 0.15) is 36.9 Å². The highest BCUT2D eigenvalue weighted by Crippen LogP contribution is 2.35. The van der Waals surface area contributed by atoms with E-state index in [2.05, 4.69) is 17.0 Å². The second kappa shape index (κ2) is 7.24. The molecule has 122 valence electrons. The van der Waals surface area contributed by atoms with Gasteiger partial charge in [0.1, 0.15) is 0 Å². The van der Waals surface area contributed by atoms with Crippen LogP contribution in [0.4, 0.5) is 0 Å². The van der Waals surface area contributed by atoms with E-state index in [0.717, 1.165) is 30.1 Å². The smallest absolute Gasteiger partial charge is 0.161 e. The average molecular weight is 332 g/mol. The zero-order chi connectivity index (χ0) is 16.2. The van der Waals surface area contributed by atoms with Crippen molar-refractivity contribution in [3.63, 3.8) is 0 Å². The first-order valence-corrected chi connectivity index (χ1v) is 8.49. The van der Waals surface area contributed by atoms with Gasteiger partial charge in [-0.25, -0.2) is 0 Å². The number of phenolic OH excluding ortho intramolecular Hbond substituents is 1. The Bertz CT molecular complexity index is 657. The standard InChI is InChI=1S/C19H22ClNO2/c1-2-23-19-12-14(5-10-18(19)22)13-21-11-3-4-17(21)15-6-8-16(20)9-7-15/h5-10,12,17,22H,2-4,11,13H2,1H3/t17-/m0/s1. The third kappa shape index (κ3) is 3.80. The molecule has 1 aliphatic rings. The fraction of sp³-hybridized carbons (Fsp3) is 0.368. The number of hydrogen-bond acceptors (Lipinski definition) is 3. The molecule has 0 bridgehead atoms. The number of benzene rings is 2. The van der Waals surface area contributed by atoms with Crippen molar-refractivity contribution in [3.8, 4) is 11.5 Å². The maximum absolute atomic E-state index is 9.83. The molecule has 1 fully saturated rings. The summed E-state index contributed by atoms with van der Waals surface area (Å²) in [5, 5.41) is 10.6. The molecule has 2 aromatic rings. The summed E-state index contributed by atoms with van der Waals surface area (Å²) in [6, 6.07) is 14.2. The molecule has 3 rings (SSSR count). The lowest BCUT2D eigenvalue weighted by molar-refractivity contribution is 0.247. The van der Waals surface area contributed by atoms with Gasteiger partial charge >= 0.3 is 0 Å². The molecule has 0 radical (unpaired) electrons. The highest BCUT2D eigenvalue weighted by molar-refractivity contribution is 6.30. The van der Waals surface area contributed by atoms with E-state index in [9.17, 15) is 5.11 Å². The Morgan fingerprint density at radius 2 is 2.00 bits per heavy atom. The molecule has 3 nitrogen and oxygen atoms in total. The van der Waals surface area contributed by atoms with Crippen LogP contribution in [0.2, 0.25) is 5.02 Å². The molecule has 1 heterocycles. The number of ether oxygens (including phenoxy) is 1. The van der Waals surface area contributed by atoms with Crippen LogP contribution < -0.4 is 4.74 Å². The Kier molecular flexibility index (Phi) is 5.09. The van der Waals surface area contributed by atoms with E-state index in [-0.39, 0.29) is 5.75 Å². The van der Waals surface area contributed by atoms with Gasteiger partial charge in [0.05, 0.1) is 6.61 Å². The quantitative estimate of drug-likeness (QED) is 0.855. The van der Waals surface area contributed by atoms with E-state index in [0.29, 0.717) is 18.4 Å². The maximum Gasteiger partial charge on any atom is 0.161 e. The highest BCUT2D eigenvalue weighted by Gasteiger charge is 2.26. The number of aromatic hydroxyl groups is 1. The second-order valence-electron chi connectivity index (χ2n) is 5.92. The molecule has 1 saturated heterocycles. The molecule has 1 atom stereocenters. The van der Waals surface area contributed by atoms with E-state index in [1.807, 2.05) is 31.2 Å². The van der Waals surface area contributed by atoms with Gasteiger partial charge in [0.15, 0.2) is 11.5 Å². The van der Waals surface area contributed by atoms with Gasteiger partial charge < -0.3 is 9.84 Å². The van der Waals surface area contributed by atoms with Crippen molar-refractivity contribution in [2.24, 2.45) is 0 Å². The molecule has 0 aliphatic carbocycles. The van der Waals surface area contributed by atoms with Gasteiger partial charge in [0.25, 0.3) is 0 Å². The lowest BCUT2D eigenvalue weighted by Crippen LogP contribution is -2.22. The molecule has 0 amide bonds.